The van der Waals surface area contributed by atoms with E-state index in [-0.39, 0.29) is 10.9 Å². The Labute approximate surface area is 162 Å². The highest BCUT2D eigenvalue weighted by atomic mass is 32.2. The molecular weight excluding hydrogens is 362 g/mol. The Hall–Kier alpha value is -2.05. The Morgan fingerprint density at radius 2 is 1.59 bits per heavy atom. The molecule has 0 spiro atoms. The SMILES string of the molecule is COc1ccc([C@H](CC(C)C)NS(=O)(=O)c2cc(C)c(OC)cc2C)cc1. The smallest absolute Gasteiger partial charge is 0.241 e. The van der Waals surface area contributed by atoms with E-state index >= 15 is 0 Å². The summed E-state index contributed by atoms with van der Waals surface area (Å²) < 4.78 is 39.6. The number of aryl methyl sites for hydroxylation is 2. The molecule has 0 aliphatic rings. The Balaban J connectivity index is 2.39. The third kappa shape index (κ3) is 5.23. The quantitative estimate of drug-likeness (QED) is 0.725. The molecule has 0 saturated heterocycles. The van der Waals surface area contributed by atoms with Crippen LogP contribution in [0.4, 0.5) is 0 Å². The number of methoxy groups -OCH3 is 2. The van der Waals surface area contributed by atoms with Gasteiger partial charge in [0.1, 0.15) is 11.5 Å². The van der Waals surface area contributed by atoms with Crippen molar-refractivity contribution in [2.24, 2.45) is 5.92 Å². The van der Waals surface area contributed by atoms with Crippen molar-refractivity contribution in [1.29, 1.82) is 0 Å². The van der Waals surface area contributed by atoms with E-state index in [4.69, 9.17) is 9.47 Å². The van der Waals surface area contributed by atoms with Crippen LogP contribution in [0.3, 0.4) is 0 Å². The van der Waals surface area contributed by atoms with Gasteiger partial charge in [0.05, 0.1) is 19.1 Å². The first-order valence-electron chi connectivity index (χ1n) is 8.99. The number of sulfonamides is 1. The van der Waals surface area contributed by atoms with E-state index in [1.165, 1.54) is 0 Å². The first kappa shape index (κ1) is 21.3. The monoisotopic (exact) mass is 391 g/mol. The van der Waals surface area contributed by atoms with Gasteiger partial charge in [-0.15, -0.1) is 0 Å². The molecule has 27 heavy (non-hydrogen) atoms. The summed E-state index contributed by atoms with van der Waals surface area (Å²) in [4.78, 5) is 0.281. The zero-order valence-corrected chi connectivity index (χ0v) is 17.7. The maximum atomic E-state index is 13.1. The molecule has 0 aliphatic carbocycles. The van der Waals surface area contributed by atoms with E-state index < -0.39 is 10.0 Å². The molecular formula is C21H29NO4S. The van der Waals surface area contributed by atoms with Crippen molar-refractivity contribution in [1.82, 2.24) is 4.72 Å². The molecule has 0 heterocycles. The Kier molecular flexibility index (Phi) is 6.89. The largest absolute Gasteiger partial charge is 0.497 e. The zero-order valence-electron chi connectivity index (χ0n) is 16.9. The summed E-state index contributed by atoms with van der Waals surface area (Å²) in [7, 11) is -0.495. The third-order valence-corrected chi connectivity index (χ3v) is 6.12. The van der Waals surface area contributed by atoms with Gasteiger partial charge < -0.3 is 9.47 Å². The van der Waals surface area contributed by atoms with Gasteiger partial charge in [0.15, 0.2) is 0 Å². The Morgan fingerprint density at radius 3 is 2.11 bits per heavy atom. The molecule has 2 rings (SSSR count). The third-order valence-electron chi connectivity index (χ3n) is 4.50. The summed E-state index contributed by atoms with van der Waals surface area (Å²) in [5.41, 5.74) is 2.35. The summed E-state index contributed by atoms with van der Waals surface area (Å²) in [6, 6.07) is 10.6. The molecule has 0 saturated carbocycles. The number of ether oxygens (including phenoxy) is 2. The second kappa shape index (κ2) is 8.76. The van der Waals surface area contributed by atoms with Crippen molar-refractivity contribution in [3.63, 3.8) is 0 Å². The van der Waals surface area contributed by atoms with Gasteiger partial charge >= 0.3 is 0 Å². The van der Waals surface area contributed by atoms with Crippen LogP contribution in [0.1, 0.15) is 43.0 Å². The molecule has 0 unspecified atom stereocenters. The summed E-state index contributed by atoms with van der Waals surface area (Å²) >= 11 is 0. The Morgan fingerprint density at radius 1 is 0.963 bits per heavy atom. The van der Waals surface area contributed by atoms with E-state index in [2.05, 4.69) is 18.6 Å². The molecule has 5 nitrogen and oxygen atoms in total. The summed E-state index contributed by atoms with van der Waals surface area (Å²) in [5.74, 6) is 1.75. The lowest BCUT2D eigenvalue weighted by Crippen LogP contribution is -2.30. The van der Waals surface area contributed by atoms with Crippen LogP contribution in [0.2, 0.25) is 0 Å². The molecule has 6 heteroatoms. The van der Waals surface area contributed by atoms with E-state index in [1.807, 2.05) is 31.2 Å². The van der Waals surface area contributed by atoms with Gasteiger partial charge in [0, 0.05) is 6.04 Å². The normalized spacial score (nSPS) is 12.9. The minimum absolute atomic E-state index is 0.281. The van der Waals surface area contributed by atoms with E-state index in [9.17, 15) is 8.42 Å². The number of hydrogen-bond donors (Lipinski definition) is 1. The van der Waals surface area contributed by atoms with Crippen molar-refractivity contribution in [2.75, 3.05) is 14.2 Å². The molecule has 0 radical (unpaired) electrons. The second-order valence-electron chi connectivity index (χ2n) is 7.16. The van der Waals surface area contributed by atoms with Crippen LogP contribution in [0.15, 0.2) is 41.3 Å². The molecule has 1 N–H and O–H groups in total. The molecule has 0 aromatic heterocycles. The summed E-state index contributed by atoms with van der Waals surface area (Å²) in [5, 5.41) is 0. The molecule has 1 atom stereocenters. The molecule has 0 fully saturated rings. The molecule has 2 aromatic rings. The molecule has 0 amide bonds. The lowest BCUT2D eigenvalue weighted by molar-refractivity contribution is 0.411. The Bertz CT molecular complexity index is 874. The van der Waals surface area contributed by atoms with E-state index in [0.717, 1.165) is 16.9 Å². The highest BCUT2D eigenvalue weighted by Crippen LogP contribution is 2.29. The van der Waals surface area contributed by atoms with E-state index in [0.29, 0.717) is 23.7 Å². The van der Waals surface area contributed by atoms with Crippen molar-refractivity contribution >= 4 is 10.0 Å². The first-order chi connectivity index (χ1) is 12.7. The van der Waals surface area contributed by atoms with Crippen molar-refractivity contribution in [2.45, 2.75) is 45.1 Å². The molecule has 148 valence electrons. The first-order valence-corrected chi connectivity index (χ1v) is 10.5. The van der Waals surface area contributed by atoms with Gasteiger partial charge in [0.2, 0.25) is 10.0 Å². The topological polar surface area (TPSA) is 64.6 Å². The fraction of sp³-hybridized carbons (Fsp3) is 0.429. The van der Waals surface area contributed by atoms with Crippen LogP contribution >= 0.6 is 0 Å². The van der Waals surface area contributed by atoms with Crippen molar-refractivity contribution in [3.05, 3.63) is 53.1 Å². The van der Waals surface area contributed by atoms with Crippen LogP contribution < -0.4 is 14.2 Å². The lowest BCUT2D eigenvalue weighted by atomic mass is 9.98. The highest BCUT2D eigenvalue weighted by Gasteiger charge is 2.24. The lowest BCUT2D eigenvalue weighted by Gasteiger charge is -2.22. The van der Waals surface area contributed by atoms with Crippen LogP contribution in [0, 0.1) is 19.8 Å². The number of hydrogen-bond acceptors (Lipinski definition) is 4. The minimum Gasteiger partial charge on any atom is -0.497 e. The van der Waals surface area contributed by atoms with Gasteiger partial charge in [-0.05, 0) is 67.1 Å². The maximum Gasteiger partial charge on any atom is 0.241 e. The zero-order chi connectivity index (χ0) is 20.2. The number of benzene rings is 2. The summed E-state index contributed by atoms with van der Waals surface area (Å²) in [6.07, 6.45) is 0.694. The van der Waals surface area contributed by atoms with Gasteiger partial charge in [-0.2, -0.15) is 0 Å². The van der Waals surface area contributed by atoms with Gasteiger partial charge in [-0.25, -0.2) is 13.1 Å². The van der Waals surface area contributed by atoms with E-state index in [1.54, 1.807) is 33.3 Å². The number of rotatable bonds is 8. The maximum absolute atomic E-state index is 13.1. The fourth-order valence-electron chi connectivity index (χ4n) is 3.08. The standard InChI is InChI=1S/C21H29NO4S/c1-14(2)11-19(17-7-9-18(25-5)10-8-17)22-27(23,24)21-13-15(3)20(26-6)12-16(21)4/h7-10,12-14,19,22H,11H2,1-6H3/t19-/m0/s1. The molecule has 2 aromatic carbocycles. The molecule has 0 aliphatic heterocycles. The molecule has 0 bridgehead atoms. The second-order valence-corrected chi connectivity index (χ2v) is 8.85. The minimum atomic E-state index is -3.68. The predicted octanol–water partition coefficient (Wildman–Crippen LogP) is 4.39. The van der Waals surface area contributed by atoms with Crippen LogP contribution in [0.5, 0.6) is 11.5 Å². The highest BCUT2D eigenvalue weighted by molar-refractivity contribution is 7.89. The average molecular weight is 392 g/mol. The van der Waals surface area contributed by atoms with Crippen molar-refractivity contribution in [3.8, 4) is 11.5 Å². The fourth-order valence-corrected chi connectivity index (χ4v) is 4.63. The van der Waals surface area contributed by atoms with Gasteiger partial charge in [0.25, 0.3) is 0 Å². The van der Waals surface area contributed by atoms with Gasteiger partial charge in [-0.3, -0.25) is 0 Å². The predicted molar refractivity (Wildman–Crippen MR) is 108 cm³/mol. The van der Waals surface area contributed by atoms with Crippen LogP contribution in [0.25, 0.3) is 0 Å². The van der Waals surface area contributed by atoms with Crippen LogP contribution in [-0.2, 0) is 10.0 Å². The van der Waals surface area contributed by atoms with Gasteiger partial charge in [-0.1, -0.05) is 26.0 Å². The average Bonchev–Trinajstić information content (AvgIpc) is 2.62. The number of nitrogens with one attached hydrogen (secondary N) is 1. The van der Waals surface area contributed by atoms with Crippen LogP contribution in [-0.4, -0.2) is 22.6 Å². The summed E-state index contributed by atoms with van der Waals surface area (Å²) in [6.45, 7) is 7.77. The van der Waals surface area contributed by atoms with Crippen molar-refractivity contribution < 1.29 is 17.9 Å².